The Balaban J connectivity index is 1.60. The molecule has 0 saturated heterocycles. The molecule has 2 aliphatic rings. The number of carbonyl (C=O) groups is 1. The first-order valence-corrected chi connectivity index (χ1v) is 11.4. The van der Waals surface area contributed by atoms with Crippen molar-refractivity contribution in [2.75, 3.05) is 17.9 Å². The van der Waals surface area contributed by atoms with Crippen LogP contribution in [-0.4, -0.2) is 28.2 Å². The standard InChI is InChI=1S/C25H19N3O3S/c29-21-14-32-24(17-11-12-19-20(13-17)31-15-30-19)22-23(16-7-3-1-4-8-16)27-28(25(22)26-21)18-9-5-2-6-10-18/h1-13,24H,14-15H2,(H,26,29)/t24-/m1/s1. The monoisotopic (exact) mass is 441 g/mol. The normalized spacial score (nSPS) is 16.9. The lowest BCUT2D eigenvalue weighted by atomic mass is 9.99. The Hall–Kier alpha value is -3.71. The molecule has 1 atom stereocenters. The Morgan fingerprint density at radius 2 is 1.69 bits per heavy atom. The molecule has 2 aliphatic heterocycles. The summed E-state index contributed by atoms with van der Waals surface area (Å²) in [5.74, 6) is 2.47. The lowest BCUT2D eigenvalue weighted by molar-refractivity contribution is -0.113. The summed E-state index contributed by atoms with van der Waals surface area (Å²) < 4.78 is 13.0. The van der Waals surface area contributed by atoms with Gasteiger partial charge in [-0.1, -0.05) is 54.6 Å². The Bertz CT molecular complexity index is 1310. The van der Waals surface area contributed by atoms with E-state index < -0.39 is 0 Å². The fourth-order valence-corrected chi connectivity index (χ4v) is 5.23. The molecule has 6 rings (SSSR count). The SMILES string of the molecule is O=C1CS[C@H](c2ccc3c(c2)OCO3)c2c(-c3ccccc3)nn(-c3ccccc3)c2N1. The average Bonchev–Trinajstić information content (AvgIpc) is 3.41. The molecule has 1 N–H and O–H groups in total. The van der Waals surface area contributed by atoms with Crippen LogP contribution in [0.5, 0.6) is 11.5 Å². The number of hydrogen-bond donors (Lipinski definition) is 1. The summed E-state index contributed by atoms with van der Waals surface area (Å²) in [6.45, 7) is 0.225. The van der Waals surface area contributed by atoms with Crippen LogP contribution in [0.3, 0.4) is 0 Å². The molecule has 0 bridgehead atoms. The highest BCUT2D eigenvalue weighted by Crippen LogP contribution is 2.48. The topological polar surface area (TPSA) is 65.4 Å². The summed E-state index contributed by atoms with van der Waals surface area (Å²) in [4.78, 5) is 12.7. The summed E-state index contributed by atoms with van der Waals surface area (Å²) >= 11 is 1.59. The third-order valence-corrected chi connectivity index (χ3v) is 6.84. The molecule has 0 radical (unpaired) electrons. The molecule has 3 heterocycles. The smallest absolute Gasteiger partial charge is 0.235 e. The highest BCUT2D eigenvalue weighted by Gasteiger charge is 2.33. The lowest BCUT2D eigenvalue weighted by Crippen LogP contribution is -2.15. The van der Waals surface area contributed by atoms with Gasteiger partial charge in [-0.25, -0.2) is 4.68 Å². The van der Waals surface area contributed by atoms with Gasteiger partial charge in [0.1, 0.15) is 5.82 Å². The zero-order valence-electron chi connectivity index (χ0n) is 17.0. The van der Waals surface area contributed by atoms with E-state index in [-0.39, 0.29) is 18.0 Å². The van der Waals surface area contributed by atoms with Gasteiger partial charge in [0, 0.05) is 11.1 Å². The zero-order chi connectivity index (χ0) is 21.5. The number of carbonyl (C=O) groups excluding carboxylic acids is 1. The van der Waals surface area contributed by atoms with Gasteiger partial charge < -0.3 is 14.8 Å². The molecule has 0 fully saturated rings. The highest BCUT2D eigenvalue weighted by molar-refractivity contribution is 8.00. The van der Waals surface area contributed by atoms with E-state index in [0.29, 0.717) is 11.6 Å². The molecular weight excluding hydrogens is 422 g/mol. The molecule has 4 aromatic rings. The van der Waals surface area contributed by atoms with E-state index in [1.54, 1.807) is 11.8 Å². The van der Waals surface area contributed by atoms with Crippen molar-refractivity contribution in [1.82, 2.24) is 9.78 Å². The molecule has 1 aromatic heterocycles. The van der Waals surface area contributed by atoms with Crippen molar-refractivity contribution < 1.29 is 14.3 Å². The maximum Gasteiger partial charge on any atom is 0.235 e. The van der Waals surface area contributed by atoms with Crippen LogP contribution < -0.4 is 14.8 Å². The number of benzene rings is 3. The number of anilines is 1. The van der Waals surface area contributed by atoms with Crippen molar-refractivity contribution in [3.63, 3.8) is 0 Å². The van der Waals surface area contributed by atoms with Gasteiger partial charge in [0.25, 0.3) is 0 Å². The van der Waals surface area contributed by atoms with Gasteiger partial charge in [-0.15, -0.1) is 11.8 Å². The van der Waals surface area contributed by atoms with E-state index in [1.807, 2.05) is 83.5 Å². The minimum Gasteiger partial charge on any atom is -0.454 e. The molecule has 0 spiro atoms. The summed E-state index contributed by atoms with van der Waals surface area (Å²) in [6.07, 6.45) is 0. The molecule has 3 aromatic carbocycles. The maximum atomic E-state index is 12.7. The number of amides is 1. The van der Waals surface area contributed by atoms with Crippen LogP contribution in [0.15, 0.2) is 78.9 Å². The second-order valence-electron chi connectivity index (χ2n) is 7.58. The van der Waals surface area contributed by atoms with Gasteiger partial charge in [0.15, 0.2) is 11.5 Å². The quantitative estimate of drug-likeness (QED) is 0.482. The fraction of sp³-hybridized carbons (Fsp3) is 0.120. The highest BCUT2D eigenvalue weighted by atomic mass is 32.2. The van der Waals surface area contributed by atoms with Crippen molar-refractivity contribution >= 4 is 23.5 Å². The number of nitrogens with zero attached hydrogens (tertiary/aromatic N) is 2. The molecule has 0 aliphatic carbocycles. The predicted octanol–water partition coefficient (Wildman–Crippen LogP) is 5.04. The van der Waals surface area contributed by atoms with Crippen LogP contribution >= 0.6 is 11.8 Å². The first kappa shape index (κ1) is 19.0. The number of thioether (sulfide) groups is 1. The van der Waals surface area contributed by atoms with Gasteiger partial charge >= 0.3 is 0 Å². The molecular formula is C25H19N3O3S. The van der Waals surface area contributed by atoms with Crippen LogP contribution in [0, 0.1) is 0 Å². The second-order valence-corrected chi connectivity index (χ2v) is 8.67. The Morgan fingerprint density at radius 1 is 0.938 bits per heavy atom. The number of nitrogens with one attached hydrogen (secondary N) is 1. The largest absolute Gasteiger partial charge is 0.454 e. The van der Waals surface area contributed by atoms with Crippen molar-refractivity contribution in [2.24, 2.45) is 0 Å². The van der Waals surface area contributed by atoms with E-state index >= 15 is 0 Å². The van der Waals surface area contributed by atoms with Gasteiger partial charge in [0.05, 0.1) is 22.4 Å². The first-order chi connectivity index (χ1) is 15.8. The second kappa shape index (κ2) is 7.76. The number of hydrogen-bond acceptors (Lipinski definition) is 5. The van der Waals surface area contributed by atoms with Crippen LogP contribution in [0.4, 0.5) is 5.82 Å². The summed E-state index contributed by atoms with van der Waals surface area (Å²) in [7, 11) is 0. The van der Waals surface area contributed by atoms with Gasteiger partial charge in [0.2, 0.25) is 12.7 Å². The minimum atomic E-state index is -0.105. The molecule has 1 amide bonds. The molecule has 7 heteroatoms. The molecule has 0 unspecified atom stereocenters. The minimum absolute atomic E-state index is 0.0452. The van der Waals surface area contributed by atoms with Crippen LogP contribution in [0.25, 0.3) is 16.9 Å². The predicted molar refractivity (Wildman–Crippen MR) is 124 cm³/mol. The number of fused-ring (bicyclic) bond motifs is 2. The summed E-state index contributed by atoms with van der Waals surface area (Å²) in [6, 6.07) is 25.9. The Morgan fingerprint density at radius 3 is 2.50 bits per heavy atom. The van der Waals surface area contributed by atoms with E-state index in [1.165, 1.54) is 0 Å². The van der Waals surface area contributed by atoms with Crippen LogP contribution in [-0.2, 0) is 4.79 Å². The number of para-hydroxylation sites is 1. The van der Waals surface area contributed by atoms with E-state index in [0.717, 1.165) is 39.6 Å². The van der Waals surface area contributed by atoms with Gasteiger partial charge in [-0.2, -0.15) is 5.10 Å². The summed E-state index contributed by atoms with van der Waals surface area (Å²) in [5, 5.41) is 8.00. The Kier molecular flexibility index (Phi) is 4.61. The zero-order valence-corrected chi connectivity index (χ0v) is 17.8. The number of rotatable bonds is 3. The van der Waals surface area contributed by atoms with Gasteiger partial charge in [-0.3, -0.25) is 4.79 Å². The van der Waals surface area contributed by atoms with E-state index in [9.17, 15) is 4.79 Å². The van der Waals surface area contributed by atoms with E-state index in [4.69, 9.17) is 14.6 Å². The molecule has 6 nitrogen and oxygen atoms in total. The Labute approximate surface area is 189 Å². The fourth-order valence-electron chi connectivity index (χ4n) is 4.11. The van der Waals surface area contributed by atoms with Crippen molar-refractivity contribution in [3.8, 4) is 28.4 Å². The van der Waals surface area contributed by atoms with Crippen LogP contribution in [0.1, 0.15) is 16.4 Å². The average molecular weight is 442 g/mol. The van der Waals surface area contributed by atoms with E-state index in [2.05, 4.69) is 5.32 Å². The molecule has 158 valence electrons. The molecule has 0 saturated carbocycles. The van der Waals surface area contributed by atoms with Crippen molar-refractivity contribution in [3.05, 3.63) is 90.0 Å². The first-order valence-electron chi connectivity index (χ1n) is 10.3. The maximum absolute atomic E-state index is 12.7. The number of ether oxygens (including phenoxy) is 2. The third-order valence-electron chi connectivity index (χ3n) is 5.57. The van der Waals surface area contributed by atoms with Crippen molar-refractivity contribution in [1.29, 1.82) is 0 Å². The third kappa shape index (κ3) is 3.22. The van der Waals surface area contributed by atoms with Gasteiger partial charge in [-0.05, 0) is 29.8 Å². The van der Waals surface area contributed by atoms with Crippen molar-refractivity contribution in [2.45, 2.75) is 5.25 Å². The summed E-state index contributed by atoms with van der Waals surface area (Å²) in [5.41, 5.74) is 4.77. The number of aromatic nitrogens is 2. The molecule has 32 heavy (non-hydrogen) atoms. The lowest BCUT2D eigenvalue weighted by Gasteiger charge is -2.17. The van der Waals surface area contributed by atoms with Crippen LogP contribution in [0.2, 0.25) is 0 Å².